The van der Waals surface area contributed by atoms with E-state index in [0.29, 0.717) is 37.2 Å². The zero-order valence-corrected chi connectivity index (χ0v) is 11.4. The molecule has 1 atom stereocenters. The average Bonchev–Trinajstić information content (AvgIpc) is 2.52. The molecule has 1 fully saturated rings. The van der Waals surface area contributed by atoms with Gasteiger partial charge in [-0.15, -0.1) is 0 Å². The summed E-state index contributed by atoms with van der Waals surface area (Å²) in [6, 6.07) is 8.46. The maximum absolute atomic E-state index is 12.4. The van der Waals surface area contributed by atoms with Crippen molar-refractivity contribution in [3.05, 3.63) is 30.3 Å². The minimum Gasteiger partial charge on any atom is -0.390 e. The minimum atomic E-state index is -3.41. The van der Waals surface area contributed by atoms with Crippen LogP contribution in [0.1, 0.15) is 26.2 Å². The molecule has 1 saturated heterocycles. The first-order valence-corrected chi connectivity index (χ1v) is 7.63. The maximum atomic E-state index is 12.4. The van der Waals surface area contributed by atoms with E-state index in [-0.39, 0.29) is 0 Å². The summed E-state index contributed by atoms with van der Waals surface area (Å²) >= 11 is 0. The monoisotopic (exact) mass is 269 g/mol. The average molecular weight is 269 g/mol. The van der Waals surface area contributed by atoms with Crippen molar-refractivity contribution in [3.8, 4) is 0 Å². The Morgan fingerprint density at radius 1 is 1.17 bits per heavy atom. The SMILES string of the molecule is CC1(O)CCCN(S(=O)(=O)c2ccccc2)CC1. The van der Waals surface area contributed by atoms with Crippen LogP contribution in [0.25, 0.3) is 0 Å². The summed E-state index contributed by atoms with van der Waals surface area (Å²) in [5, 5.41) is 9.99. The molecule has 1 heterocycles. The first-order valence-electron chi connectivity index (χ1n) is 6.19. The third-order valence-corrected chi connectivity index (χ3v) is 5.32. The lowest BCUT2D eigenvalue weighted by atomic mass is 9.98. The molecule has 1 aliphatic heterocycles. The van der Waals surface area contributed by atoms with Crippen molar-refractivity contribution in [2.75, 3.05) is 13.1 Å². The van der Waals surface area contributed by atoms with Crippen LogP contribution < -0.4 is 0 Å². The summed E-state index contributed by atoms with van der Waals surface area (Å²) in [5.41, 5.74) is -0.749. The normalized spacial score (nSPS) is 26.8. The number of benzene rings is 1. The number of sulfonamides is 1. The zero-order chi connectivity index (χ0) is 13.2. The molecule has 0 bridgehead atoms. The summed E-state index contributed by atoms with van der Waals surface area (Å²) in [4.78, 5) is 0.326. The van der Waals surface area contributed by atoms with Gasteiger partial charge in [0.1, 0.15) is 0 Å². The molecule has 18 heavy (non-hydrogen) atoms. The first-order chi connectivity index (χ1) is 8.42. The first kappa shape index (κ1) is 13.5. The lowest BCUT2D eigenvalue weighted by Gasteiger charge is -2.22. The van der Waals surface area contributed by atoms with Gasteiger partial charge in [-0.1, -0.05) is 18.2 Å². The van der Waals surface area contributed by atoms with Gasteiger partial charge in [0.2, 0.25) is 10.0 Å². The molecule has 100 valence electrons. The Kier molecular flexibility index (Phi) is 3.75. The molecule has 1 N–H and O–H groups in total. The number of hydrogen-bond acceptors (Lipinski definition) is 3. The van der Waals surface area contributed by atoms with E-state index in [4.69, 9.17) is 0 Å². The lowest BCUT2D eigenvalue weighted by Crippen LogP contribution is -2.33. The third-order valence-electron chi connectivity index (χ3n) is 3.40. The van der Waals surface area contributed by atoms with Crippen LogP contribution in [0.5, 0.6) is 0 Å². The Bertz CT molecular complexity index is 496. The molecule has 0 radical (unpaired) electrons. The van der Waals surface area contributed by atoms with E-state index in [1.807, 2.05) is 0 Å². The van der Waals surface area contributed by atoms with Gasteiger partial charge in [0.05, 0.1) is 10.5 Å². The summed E-state index contributed by atoms with van der Waals surface area (Å²) in [6.07, 6.45) is 1.83. The van der Waals surface area contributed by atoms with Crippen molar-refractivity contribution in [3.63, 3.8) is 0 Å². The van der Waals surface area contributed by atoms with E-state index in [0.717, 1.165) is 0 Å². The smallest absolute Gasteiger partial charge is 0.243 e. The van der Waals surface area contributed by atoms with Crippen LogP contribution >= 0.6 is 0 Å². The Morgan fingerprint density at radius 3 is 2.50 bits per heavy atom. The van der Waals surface area contributed by atoms with E-state index >= 15 is 0 Å². The van der Waals surface area contributed by atoms with Gasteiger partial charge in [-0.2, -0.15) is 4.31 Å². The van der Waals surface area contributed by atoms with Crippen molar-refractivity contribution in [2.24, 2.45) is 0 Å². The third kappa shape index (κ3) is 2.91. The van der Waals surface area contributed by atoms with Crippen LogP contribution in [-0.4, -0.2) is 36.5 Å². The second-order valence-electron chi connectivity index (χ2n) is 5.07. The number of aliphatic hydroxyl groups is 1. The Morgan fingerprint density at radius 2 is 1.83 bits per heavy atom. The van der Waals surface area contributed by atoms with Gasteiger partial charge in [-0.3, -0.25) is 0 Å². The topological polar surface area (TPSA) is 57.6 Å². The van der Waals surface area contributed by atoms with Gasteiger partial charge in [0.25, 0.3) is 0 Å². The maximum Gasteiger partial charge on any atom is 0.243 e. The zero-order valence-electron chi connectivity index (χ0n) is 10.5. The van der Waals surface area contributed by atoms with Crippen molar-refractivity contribution in [1.29, 1.82) is 0 Å². The van der Waals surface area contributed by atoms with Gasteiger partial charge in [0.15, 0.2) is 0 Å². The van der Waals surface area contributed by atoms with Crippen LogP contribution in [0.2, 0.25) is 0 Å². The van der Waals surface area contributed by atoms with Crippen LogP contribution in [0.4, 0.5) is 0 Å². The van der Waals surface area contributed by atoms with Crippen LogP contribution in [0, 0.1) is 0 Å². The summed E-state index contributed by atoms with van der Waals surface area (Å²) in [7, 11) is -3.41. The summed E-state index contributed by atoms with van der Waals surface area (Å²) in [5.74, 6) is 0. The molecule has 0 amide bonds. The highest BCUT2D eigenvalue weighted by atomic mass is 32.2. The fraction of sp³-hybridized carbons (Fsp3) is 0.538. The molecular weight excluding hydrogens is 250 g/mol. The second-order valence-corrected chi connectivity index (χ2v) is 7.01. The molecule has 0 saturated carbocycles. The van der Waals surface area contributed by atoms with Crippen molar-refractivity contribution >= 4 is 10.0 Å². The van der Waals surface area contributed by atoms with Crippen molar-refractivity contribution in [1.82, 2.24) is 4.31 Å². The largest absolute Gasteiger partial charge is 0.390 e. The molecule has 0 aliphatic carbocycles. The quantitative estimate of drug-likeness (QED) is 0.887. The van der Waals surface area contributed by atoms with E-state index < -0.39 is 15.6 Å². The fourth-order valence-corrected chi connectivity index (χ4v) is 3.72. The van der Waals surface area contributed by atoms with Gasteiger partial charge < -0.3 is 5.11 Å². The molecule has 0 spiro atoms. The molecule has 1 aromatic rings. The van der Waals surface area contributed by atoms with Gasteiger partial charge in [0, 0.05) is 13.1 Å². The van der Waals surface area contributed by atoms with Gasteiger partial charge in [-0.05, 0) is 38.3 Å². The second kappa shape index (κ2) is 4.99. The Balaban J connectivity index is 2.21. The molecule has 5 heteroatoms. The van der Waals surface area contributed by atoms with Gasteiger partial charge in [-0.25, -0.2) is 8.42 Å². The number of rotatable bonds is 2. The molecular formula is C13H19NO3S. The highest BCUT2D eigenvalue weighted by molar-refractivity contribution is 7.89. The highest BCUT2D eigenvalue weighted by Crippen LogP contribution is 2.25. The van der Waals surface area contributed by atoms with E-state index in [1.165, 1.54) is 4.31 Å². The van der Waals surface area contributed by atoms with Crippen molar-refractivity contribution in [2.45, 2.75) is 36.7 Å². The molecule has 1 aromatic carbocycles. The molecule has 0 aromatic heterocycles. The lowest BCUT2D eigenvalue weighted by molar-refractivity contribution is 0.0465. The van der Waals surface area contributed by atoms with Crippen LogP contribution in [0.3, 0.4) is 0 Å². The van der Waals surface area contributed by atoms with E-state index in [1.54, 1.807) is 37.3 Å². The predicted molar refractivity (Wildman–Crippen MR) is 69.7 cm³/mol. The predicted octanol–water partition coefficient (Wildman–Crippen LogP) is 1.61. The highest BCUT2D eigenvalue weighted by Gasteiger charge is 2.31. The van der Waals surface area contributed by atoms with E-state index in [9.17, 15) is 13.5 Å². The minimum absolute atomic E-state index is 0.326. The summed E-state index contributed by atoms with van der Waals surface area (Å²) < 4.78 is 26.3. The Hall–Kier alpha value is -0.910. The fourth-order valence-electron chi connectivity index (χ4n) is 2.22. The summed E-state index contributed by atoms with van der Waals surface area (Å²) in [6.45, 7) is 2.63. The number of hydrogen-bond donors (Lipinski definition) is 1. The number of nitrogens with zero attached hydrogens (tertiary/aromatic N) is 1. The van der Waals surface area contributed by atoms with Crippen LogP contribution in [-0.2, 0) is 10.0 Å². The van der Waals surface area contributed by atoms with Gasteiger partial charge >= 0.3 is 0 Å². The van der Waals surface area contributed by atoms with Crippen molar-refractivity contribution < 1.29 is 13.5 Å². The van der Waals surface area contributed by atoms with Crippen LogP contribution in [0.15, 0.2) is 35.2 Å². The van der Waals surface area contributed by atoms with E-state index in [2.05, 4.69) is 0 Å². The molecule has 2 rings (SSSR count). The molecule has 1 unspecified atom stereocenters. The molecule has 1 aliphatic rings. The molecule has 4 nitrogen and oxygen atoms in total. The standard InChI is InChI=1S/C13H19NO3S/c1-13(15)8-5-10-14(11-9-13)18(16,17)12-6-3-2-4-7-12/h2-4,6-7,15H,5,8-11H2,1H3. The Labute approximate surface area is 108 Å².